The molecule has 2 nitrogen and oxygen atoms in total. The van der Waals surface area contributed by atoms with Crippen LogP contribution in [0.15, 0.2) is 206 Å². The fourth-order valence-electron chi connectivity index (χ4n) is 9.76. The van der Waals surface area contributed by atoms with E-state index in [1.165, 1.54) is 75.5 Å². The molecule has 0 amide bonds. The van der Waals surface area contributed by atoms with Gasteiger partial charge in [0.1, 0.15) is 0 Å². The van der Waals surface area contributed by atoms with Crippen LogP contribution in [-0.4, -0.2) is 9.97 Å². The Balaban J connectivity index is 1.03. The topological polar surface area (TPSA) is 25.8 Å². The summed E-state index contributed by atoms with van der Waals surface area (Å²) in [7, 11) is 0. The molecule has 0 atom stereocenters. The van der Waals surface area contributed by atoms with Crippen molar-refractivity contribution in [1.82, 2.24) is 9.97 Å². The molecule has 11 aromatic rings. The van der Waals surface area contributed by atoms with Gasteiger partial charge in [-0.25, -0.2) is 9.97 Å². The number of thiophene rings is 1. The first-order valence-electron chi connectivity index (χ1n) is 21.3. The molecule has 2 aromatic heterocycles. The smallest absolute Gasteiger partial charge is 0.160 e. The first-order chi connectivity index (χ1) is 30.5. The van der Waals surface area contributed by atoms with Gasteiger partial charge in [-0.15, -0.1) is 11.3 Å². The first-order valence-corrected chi connectivity index (χ1v) is 22.1. The Morgan fingerprint density at radius 3 is 1.82 bits per heavy atom. The zero-order chi connectivity index (χ0) is 41.4. The molecular weight excluding hydrogens is 769 g/mol. The molecule has 9 aromatic carbocycles. The van der Waals surface area contributed by atoms with Gasteiger partial charge in [-0.05, 0) is 109 Å². The molecule has 12 rings (SSSR count). The molecule has 2 heterocycles. The largest absolute Gasteiger partial charge is 0.228 e. The molecular formula is C59H40N2S. The molecule has 292 valence electrons. The molecule has 0 saturated carbocycles. The third-order valence-corrected chi connectivity index (χ3v) is 14.0. The van der Waals surface area contributed by atoms with E-state index in [4.69, 9.17) is 9.97 Å². The Labute approximate surface area is 365 Å². The van der Waals surface area contributed by atoms with E-state index in [9.17, 15) is 0 Å². The Morgan fingerprint density at radius 1 is 0.355 bits per heavy atom. The van der Waals surface area contributed by atoms with E-state index in [0.717, 1.165) is 39.2 Å². The highest BCUT2D eigenvalue weighted by Crippen LogP contribution is 2.52. The normalized spacial score (nSPS) is 12.8. The van der Waals surface area contributed by atoms with Gasteiger partial charge in [0.15, 0.2) is 5.82 Å². The second-order valence-electron chi connectivity index (χ2n) is 16.9. The number of nitrogens with zero attached hydrogens (tertiary/aromatic N) is 2. The van der Waals surface area contributed by atoms with Crippen LogP contribution in [0, 0.1) is 0 Å². The summed E-state index contributed by atoms with van der Waals surface area (Å²) in [6.45, 7) is 4.68. The lowest BCUT2D eigenvalue weighted by Gasteiger charge is -2.21. The van der Waals surface area contributed by atoms with Crippen molar-refractivity contribution in [2.24, 2.45) is 0 Å². The van der Waals surface area contributed by atoms with E-state index in [1.54, 1.807) is 0 Å². The van der Waals surface area contributed by atoms with Crippen molar-refractivity contribution in [2.45, 2.75) is 19.3 Å². The lowest BCUT2D eigenvalue weighted by Crippen LogP contribution is -2.14. The van der Waals surface area contributed by atoms with Crippen LogP contribution in [-0.2, 0) is 5.41 Å². The molecule has 0 spiro atoms. The highest BCUT2D eigenvalue weighted by molar-refractivity contribution is 7.25. The quantitative estimate of drug-likeness (QED) is 0.167. The minimum Gasteiger partial charge on any atom is -0.228 e. The standard InChI is InChI=1S/C59H40N2S/c1-59(2)51-23-10-8-20-49(51)57-47(22-13-24-52(57)59)38-26-28-39(29-27-38)53-36-54(61-58(60-53)40-15-4-3-5-16-40)44-33-42(32-43(34-44)46-21-12-17-37-14-6-7-18-45(37)46)41-30-31-56-50(35-41)48-19-9-11-25-55(48)62-56/h3-36H,1-2H3. The van der Waals surface area contributed by atoms with Crippen LogP contribution in [0.25, 0.3) is 109 Å². The molecule has 62 heavy (non-hydrogen) atoms. The van der Waals surface area contributed by atoms with Crippen LogP contribution in [0.5, 0.6) is 0 Å². The van der Waals surface area contributed by atoms with Gasteiger partial charge in [0.25, 0.3) is 0 Å². The van der Waals surface area contributed by atoms with Crippen molar-refractivity contribution in [3.05, 3.63) is 217 Å². The maximum absolute atomic E-state index is 5.34. The van der Waals surface area contributed by atoms with Crippen molar-refractivity contribution in [3.63, 3.8) is 0 Å². The predicted molar refractivity (Wildman–Crippen MR) is 263 cm³/mol. The van der Waals surface area contributed by atoms with E-state index in [0.29, 0.717) is 5.82 Å². The molecule has 0 aliphatic heterocycles. The summed E-state index contributed by atoms with van der Waals surface area (Å²) in [5.74, 6) is 0.699. The molecule has 0 unspecified atom stereocenters. The molecule has 3 heteroatoms. The first kappa shape index (κ1) is 36.4. The van der Waals surface area contributed by atoms with Crippen molar-refractivity contribution >= 4 is 42.3 Å². The summed E-state index contributed by atoms with van der Waals surface area (Å²) in [4.78, 5) is 10.6. The van der Waals surface area contributed by atoms with Gasteiger partial charge in [-0.1, -0.05) is 178 Å². The third-order valence-electron chi connectivity index (χ3n) is 12.9. The maximum atomic E-state index is 5.34. The van der Waals surface area contributed by atoms with Gasteiger partial charge in [0, 0.05) is 42.3 Å². The van der Waals surface area contributed by atoms with Gasteiger partial charge in [0.05, 0.1) is 11.4 Å². The molecule has 0 radical (unpaired) electrons. The zero-order valence-electron chi connectivity index (χ0n) is 34.4. The molecule has 1 aliphatic carbocycles. The third kappa shape index (κ3) is 6.00. The highest BCUT2D eigenvalue weighted by Gasteiger charge is 2.36. The summed E-state index contributed by atoms with van der Waals surface area (Å²) in [5.41, 5.74) is 17.3. The van der Waals surface area contributed by atoms with Crippen LogP contribution >= 0.6 is 11.3 Å². The van der Waals surface area contributed by atoms with E-state index in [2.05, 4.69) is 214 Å². The number of benzene rings is 9. The summed E-state index contributed by atoms with van der Waals surface area (Å²) < 4.78 is 2.60. The average Bonchev–Trinajstić information content (AvgIpc) is 3.82. The van der Waals surface area contributed by atoms with E-state index in [1.807, 2.05) is 17.4 Å². The SMILES string of the molecule is CC1(C)c2ccccc2-c2c(-c3ccc(-c4cc(-c5cc(-c6ccc7sc8ccccc8c7c6)cc(-c6cccc7ccccc67)c5)nc(-c5ccccc5)n4)cc3)cccc21. The van der Waals surface area contributed by atoms with Crippen molar-refractivity contribution < 1.29 is 0 Å². The van der Waals surface area contributed by atoms with E-state index < -0.39 is 0 Å². The Kier molecular flexibility index (Phi) is 8.41. The molecule has 0 bridgehead atoms. The van der Waals surface area contributed by atoms with Crippen LogP contribution in [0.2, 0.25) is 0 Å². The van der Waals surface area contributed by atoms with Gasteiger partial charge < -0.3 is 0 Å². The second kappa shape index (κ2) is 14.3. The van der Waals surface area contributed by atoms with E-state index in [-0.39, 0.29) is 5.41 Å². The lowest BCUT2D eigenvalue weighted by atomic mass is 9.82. The van der Waals surface area contributed by atoms with Crippen LogP contribution in [0.3, 0.4) is 0 Å². The Hall–Kier alpha value is -7.46. The molecule has 0 N–H and O–H groups in total. The van der Waals surface area contributed by atoms with E-state index >= 15 is 0 Å². The van der Waals surface area contributed by atoms with Crippen molar-refractivity contribution in [2.75, 3.05) is 0 Å². The summed E-state index contributed by atoms with van der Waals surface area (Å²) >= 11 is 1.85. The minimum absolute atomic E-state index is 0.0527. The lowest BCUT2D eigenvalue weighted by molar-refractivity contribution is 0.660. The molecule has 0 fully saturated rings. The maximum Gasteiger partial charge on any atom is 0.160 e. The summed E-state index contributed by atoms with van der Waals surface area (Å²) in [6, 6.07) is 75.0. The van der Waals surface area contributed by atoms with Gasteiger partial charge in [-0.3, -0.25) is 0 Å². The number of rotatable bonds is 6. The van der Waals surface area contributed by atoms with Gasteiger partial charge in [-0.2, -0.15) is 0 Å². The van der Waals surface area contributed by atoms with Crippen molar-refractivity contribution in [1.29, 1.82) is 0 Å². The highest BCUT2D eigenvalue weighted by atomic mass is 32.1. The number of aromatic nitrogens is 2. The van der Waals surface area contributed by atoms with Gasteiger partial charge >= 0.3 is 0 Å². The summed E-state index contributed by atoms with van der Waals surface area (Å²) in [6.07, 6.45) is 0. The van der Waals surface area contributed by atoms with Crippen LogP contribution in [0.1, 0.15) is 25.0 Å². The fraction of sp³-hybridized carbons (Fsp3) is 0.0508. The fourth-order valence-corrected chi connectivity index (χ4v) is 10.8. The number of hydrogen-bond donors (Lipinski definition) is 0. The average molecular weight is 809 g/mol. The number of fused-ring (bicyclic) bond motifs is 7. The Bertz CT molecular complexity index is 3540. The zero-order valence-corrected chi connectivity index (χ0v) is 35.2. The predicted octanol–water partition coefficient (Wildman–Crippen LogP) is 16.3. The van der Waals surface area contributed by atoms with Crippen molar-refractivity contribution in [3.8, 4) is 78.4 Å². The number of hydrogen-bond acceptors (Lipinski definition) is 3. The van der Waals surface area contributed by atoms with Crippen LogP contribution in [0.4, 0.5) is 0 Å². The molecule has 1 aliphatic rings. The summed E-state index contributed by atoms with van der Waals surface area (Å²) in [5, 5.41) is 5.02. The van der Waals surface area contributed by atoms with Crippen LogP contribution < -0.4 is 0 Å². The van der Waals surface area contributed by atoms with Gasteiger partial charge in [0.2, 0.25) is 0 Å². The monoisotopic (exact) mass is 808 g/mol. The minimum atomic E-state index is -0.0527. The molecule has 0 saturated heterocycles. The Morgan fingerprint density at radius 2 is 0.952 bits per heavy atom. The second-order valence-corrected chi connectivity index (χ2v) is 18.0.